The van der Waals surface area contributed by atoms with Crippen LogP contribution in [-0.4, -0.2) is 74.8 Å². The summed E-state index contributed by atoms with van der Waals surface area (Å²) in [5.74, 6) is -0.126. The fraction of sp³-hybridized carbons (Fsp3) is 0.481. The summed E-state index contributed by atoms with van der Waals surface area (Å²) in [6.07, 6.45) is 0.908. The third-order valence-corrected chi connectivity index (χ3v) is 6.92. The highest BCUT2D eigenvalue weighted by Crippen LogP contribution is 2.31. The number of aliphatic hydroxyl groups excluding tert-OH is 2. The van der Waals surface area contributed by atoms with Gasteiger partial charge in [0.15, 0.2) is 5.69 Å². The Balaban J connectivity index is 1.19. The van der Waals surface area contributed by atoms with E-state index >= 15 is 0 Å². The number of alkyl halides is 3. The van der Waals surface area contributed by atoms with Crippen LogP contribution in [-0.2, 0) is 13.2 Å². The fourth-order valence-electron chi connectivity index (χ4n) is 4.62. The standard InChI is InChI=1S/C27H32F4N6O4/c1-36-23(12-24(35-36)27(29,30)31)18-13-33-26(34-14-18)37-8-6-17(7-9-37)3-2-10-41-20-4-5-21(22(28)11-20)25(40)32-15-19(39)16-38/h4-5,11-14,17,19,38-39H,2-3,6-10,15-16H2,1H3,(H,32,40). The van der Waals surface area contributed by atoms with Crippen molar-refractivity contribution in [2.24, 2.45) is 13.0 Å². The number of aryl methyl sites for hydroxylation is 1. The largest absolute Gasteiger partial charge is 0.493 e. The number of nitrogens with zero attached hydrogens (tertiary/aromatic N) is 5. The summed E-state index contributed by atoms with van der Waals surface area (Å²) in [5.41, 5.74) is -0.414. The van der Waals surface area contributed by atoms with Gasteiger partial charge in [0, 0.05) is 50.7 Å². The van der Waals surface area contributed by atoms with Gasteiger partial charge in [-0.3, -0.25) is 9.48 Å². The molecule has 3 aromatic rings. The van der Waals surface area contributed by atoms with E-state index in [1.165, 1.54) is 31.6 Å². The monoisotopic (exact) mass is 580 g/mol. The molecule has 1 amide bonds. The van der Waals surface area contributed by atoms with Gasteiger partial charge in [0.2, 0.25) is 5.95 Å². The molecule has 0 aliphatic carbocycles. The molecule has 3 N–H and O–H groups in total. The zero-order valence-corrected chi connectivity index (χ0v) is 22.4. The van der Waals surface area contributed by atoms with E-state index in [1.807, 2.05) is 4.90 Å². The predicted octanol–water partition coefficient (Wildman–Crippen LogP) is 3.19. The van der Waals surface area contributed by atoms with Crippen molar-refractivity contribution in [2.45, 2.75) is 38.0 Å². The van der Waals surface area contributed by atoms with E-state index in [0.29, 0.717) is 29.8 Å². The summed E-state index contributed by atoms with van der Waals surface area (Å²) >= 11 is 0. The number of anilines is 1. The SMILES string of the molecule is Cn1nc(C(F)(F)F)cc1-c1cnc(N2CCC(CCCOc3ccc(C(=O)NCC(O)CO)c(F)c3)CC2)nc1. The van der Waals surface area contributed by atoms with Crippen molar-refractivity contribution < 1.29 is 37.3 Å². The van der Waals surface area contributed by atoms with Gasteiger partial charge in [0.1, 0.15) is 11.6 Å². The Labute approximate surface area is 234 Å². The number of aliphatic hydroxyl groups is 2. The van der Waals surface area contributed by atoms with E-state index in [2.05, 4.69) is 20.4 Å². The number of benzene rings is 1. The first-order valence-electron chi connectivity index (χ1n) is 13.2. The average molecular weight is 581 g/mol. The number of hydrogen-bond donors (Lipinski definition) is 3. The van der Waals surface area contributed by atoms with Crippen LogP contribution in [0.2, 0.25) is 0 Å². The number of halogens is 4. The summed E-state index contributed by atoms with van der Waals surface area (Å²) in [5, 5.41) is 24.0. The van der Waals surface area contributed by atoms with Crippen LogP contribution >= 0.6 is 0 Å². The molecule has 1 saturated heterocycles. The van der Waals surface area contributed by atoms with Crippen LogP contribution in [0.25, 0.3) is 11.3 Å². The van der Waals surface area contributed by atoms with Gasteiger partial charge in [-0.25, -0.2) is 14.4 Å². The van der Waals surface area contributed by atoms with Crippen molar-refractivity contribution in [3.8, 4) is 17.0 Å². The summed E-state index contributed by atoms with van der Waals surface area (Å²) < 4.78 is 60.0. The first kappa shape index (κ1) is 30.2. The number of amides is 1. The highest BCUT2D eigenvalue weighted by molar-refractivity contribution is 5.94. The Morgan fingerprint density at radius 1 is 1.20 bits per heavy atom. The molecule has 3 heterocycles. The molecule has 0 bridgehead atoms. The number of hydrogen-bond acceptors (Lipinski definition) is 8. The highest BCUT2D eigenvalue weighted by atomic mass is 19.4. The Morgan fingerprint density at radius 3 is 2.51 bits per heavy atom. The molecule has 0 spiro atoms. The molecule has 1 aliphatic rings. The number of carbonyl (C=O) groups is 1. The van der Waals surface area contributed by atoms with E-state index in [9.17, 15) is 27.5 Å². The van der Waals surface area contributed by atoms with Crippen molar-refractivity contribution in [3.05, 3.63) is 53.7 Å². The number of piperidine rings is 1. The first-order chi connectivity index (χ1) is 19.5. The number of aromatic nitrogens is 4. The minimum atomic E-state index is -4.52. The maximum Gasteiger partial charge on any atom is 0.435 e. The van der Waals surface area contributed by atoms with Gasteiger partial charge < -0.3 is 25.2 Å². The second-order valence-electron chi connectivity index (χ2n) is 9.92. The van der Waals surface area contributed by atoms with Crippen molar-refractivity contribution in [1.82, 2.24) is 25.1 Å². The number of nitrogens with one attached hydrogen (secondary N) is 1. The molecule has 222 valence electrons. The lowest BCUT2D eigenvalue weighted by atomic mass is 9.92. The number of rotatable bonds is 11. The summed E-state index contributed by atoms with van der Waals surface area (Å²) in [6.45, 7) is 1.19. The molecule has 0 saturated carbocycles. The van der Waals surface area contributed by atoms with E-state index in [4.69, 9.17) is 9.84 Å². The van der Waals surface area contributed by atoms with Crippen LogP contribution in [0.15, 0.2) is 36.7 Å². The van der Waals surface area contributed by atoms with E-state index < -0.39 is 36.3 Å². The molecule has 1 aromatic carbocycles. The second-order valence-corrected chi connectivity index (χ2v) is 9.92. The van der Waals surface area contributed by atoms with Crippen molar-refractivity contribution in [2.75, 3.05) is 37.7 Å². The van der Waals surface area contributed by atoms with Gasteiger partial charge in [-0.2, -0.15) is 18.3 Å². The van der Waals surface area contributed by atoms with Crippen LogP contribution in [0, 0.1) is 11.7 Å². The number of ether oxygens (including phenoxy) is 1. The molecule has 1 aliphatic heterocycles. The molecule has 2 aromatic heterocycles. The van der Waals surface area contributed by atoms with Crippen LogP contribution in [0.4, 0.5) is 23.5 Å². The van der Waals surface area contributed by atoms with Crippen molar-refractivity contribution in [1.29, 1.82) is 0 Å². The van der Waals surface area contributed by atoms with Gasteiger partial charge in [0.05, 0.1) is 30.6 Å². The predicted molar refractivity (Wildman–Crippen MR) is 141 cm³/mol. The van der Waals surface area contributed by atoms with Gasteiger partial charge in [-0.05, 0) is 49.8 Å². The molecule has 41 heavy (non-hydrogen) atoms. The second kappa shape index (κ2) is 13.3. The van der Waals surface area contributed by atoms with Crippen LogP contribution < -0.4 is 15.0 Å². The molecule has 4 rings (SSSR count). The molecule has 0 radical (unpaired) electrons. The minimum absolute atomic E-state index is 0.180. The summed E-state index contributed by atoms with van der Waals surface area (Å²) in [6, 6.07) is 4.94. The molecule has 14 heteroatoms. The Kier molecular flexibility index (Phi) is 9.76. The van der Waals surface area contributed by atoms with Gasteiger partial charge >= 0.3 is 6.18 Å². The van der Waals surface area contributed by atoms with Gasteiger partial charge in [0.25, 0.3) is 5.91 Å². The lowest BCUT2D eigenvalue weighted by Crippen LogP contribution is -2.34. The maximum atomic E-state index is 14.3. The van der Waals surface area contributed by atoms with E-state index in [0.717, 1.165) is 55.6 Å². The van der Waals surface area contributed by atoms with Crippen LogP contribution in [0.5, 0.6) is 5.75 Å². The molecule has 1 atom stereocenters. The van der Waals surface area contributed by atoms with Crippen molar-refractivity contribution in [3.63, 3.8) is 0 Å². The zero-order chi connectivity index (χ0) is 29.6. The van der Waals surface area contributed by atoms with E-state index in [1.54, 1.807) is 0 Å². The lowest BCUT2D eigenvalue weighted by Gasteiger charge is -2.32. The Hall–Kier alpha value is -3.78. The smallest absolute Gasteiger partial charge is 0.435 e. The first-order valence-corrected chi connectivity index (χ1v) is 13.2. The normalized spacial score (nSPS) is 15.1. The third kappa shape index (κ3) is 7.91. The summed E-state index contributed by atoms with van der Waals surface area (Å²) in [7, 11) is 1.44. The summed E-state index contributed by atoms with van der Waals surface area (Å²) in [4.78, 5) is 22.8. The van der Waals surface area contributed by atoms with Crippen molar-refractivity contribution >= 4 is 11.9 Å². The van der Waals surface area contributed by atoms with Crippen LogP contribution in [0.1, 0.15) is 41.7 Å². The Bertz CT molecular complexity index is 1310. The topological polar surface area (TPSA) is 126 Å². The van der Waals surface area contributed by atoms with Crippen LogP contribution in [0.3, 0.4) is 0 Å². The average Bonchev–Trinajstić information content (AvgIpc) is 3.36. The van der Waals surface area contributed by atoms with Gasteiger partial charge in [-0.15, -0.1) is 0 Å². The minimum Gasteiger partial charge on any atom is -0.493 e. The van der Waals surface area contributed by atoms with Gasteiger partial charge in [-0.1, -0.05) is 0 Å². The lowest BCUT2D eigenvalue weighted by molar-refractivity contribution is -0.141. The van der Waals surface area contributed by atoms with E-state index in [-0.39, 0.29) is 17.8 Å². The number of carbonyl (C=O) groups excluding carboxylic acids is 1. The Morgan fingerprint density at radius 2 is 1.90 bits per heavy atom. The third-order valence-electron chi connectivity index (χ3n) is 6.92. The molecule has 1 unspecified atom stereocenters. The fourth-order valence-corrected chi connectivity index (χ4v) is 4.62. The zero-order valence-electron chi connectivity index (χ0n) is 22.4. The quantitative estimate of drug-likeness (QED) is 0.233. The molecular weight excluding hydrogens is 548 g/mol. The highest BCUT2D eigenvalue weighted by Gasteiger charge is 2.34. The molecule has 1 fully saturated rings. The molecule has 10 nitrogen and oxygen atoms in total. The molecular formula is C27H32F4N6O4. The maximum absolute atomic E-state index is 14.3.